The van der Waals surface area contributed by atoms with Gasteiger partial charge in [0.25, 0.3) is 0 Å². The maximum absolute atomic E-state index is 13.4. The summed E-state index contributed by atoms with van der Waals surface area (Å²) in [7, 11) is 1.16. The Bertz CT molecular complexity index is 1690. The van der Waals surface area contributed by atoms with E-state index < -0.39 is 7.14 Å². The number of hydrogen-bond donors (Lipinski definition) is 2. The fourth-order valence-electron chi connectivity index (χ4n) is 6.35. The number of halogens is 1. The molecule has 0 bridgehead atoms. The van der Waals surface area contributed by atoms with Crippen molar-refractivity contribution in [1.82, 2.24) is 24.8 Å². The van der Waals surface area contributed by atoms with Gasteiger partial charge in [0.05, 0.1) is 33.8 Å². The molecule has 4 heterocycles. The Morgan fingerprint density at radius 1 is 1.02 bits per heavy atom. The first-order valence-electron chi connectivity index (χ1n) is 14.0. The molecule has 2 aliphatic heterocycles. The number of likely N-dealkylation sites (tertiary alicyclic amines) is 1. The van der Waals surface area contributed by atoms with Crippen LogP contribution in [0.15, 0.2) is 47.3 Å². The molecule has 0 amide bonds. The van der Waals surface area contributed by atoms with Crippen molar-refractivity contribution >= 4 is 68.2 Å². The van der Waals surface area contributed by atoms with E-state index >= 15 is 0 Å². The zero-order valence-electron chi connectivity index (χ0n) is 24.6. The molecule has 2 aliphatic rings. The number of aromatic nitrogens is 4. The highest BCUT2D eigenvalue weighted by Gasteiger charge is 2.43. The van der Waals surface area contributed by atoms with Gasteiger partial charge in [-0.2, -0.15) is 4.98 Å². The largest absolute Gasteiger partial charge is 0.494 e. The van der Waals surface area contributed by atoms with Gasteiger partial charge in [0.2, 0.25) is 5.95 Å². The van der Waals surface area contributed by atoms with Gasteiger partial charge in [0.15, 0.2) is 0 Å². The molecule has 2 aromatic carbocycles. The minimum atomic E-state index is -2.72. The molecule has 2 saturated heterocycles. The van der Waals surface area contributed by atoms with Crippen LogP contribution in [-0.2, 0) is 4.57 Å². The third-order valence-electron chi connectivity index (χ3n) is 8.29. The van der Waals surface area contributed by atoms with Crippen molar-refractivity contribution in [1.29, 1.82) is 0 Å². The first kappa shape index (κ1) is 28.8. The highest BCUT2D eigenvalue weighted by molar-refractivity contribution is 9.10. The number of hydrogen-bond acceptors (Lipinski definition) is 10. The number of nitrogens with one attached hydrogen (secondary N) is 2. The molecule has 6 rings (SSSR count). The van der Waals surface area contributed by atoms with E-state index in [0.29, 0.717) is 43.7 Å². The van der Waals surface area contributed by atoms with Crippen LogP contribution >= 0.6 is 23.1 Å². The molecule has 0 atom stereocenters. The summed E-state index contributed by atoms with van der Waals surface area (Å²) in [5.41, 5.74) is 5.63. The Balaban J connectivity index is 1.26. The highest BCUT2D eigenvalue weighted by Crippen LogP contribution is 2.43. The molecule has 1 spiro atoms. The van der Waals surface area contributed by atoms with Gasteiger partial charge in [-0.15, -0.1) is 0 Å². The van der Waals surface area contributed by atoms with Crippen LogP contribution in [0, 0.1) is 12.3 Å². The van der Waals surface area contributed by atoms with Gasteiger partial charge in [-0.05, 0) is 85.3 Å². The Hall–Kier alpha value is -3.27. The minimum Gasteiger partial charge on any atom is -0.494 e. The Morgan fingerprint density at radius 3 is 2.45 bits per heavy atom. The van der Waals surface area contributed by atoms with Crippen molar-refractivity contribution in [2.45, 2.75) is 19.8 Å². The highest BCUT2D eigenvalue weighted by atomic mass is 79.9. The number of fused-ring (bicyclic) bond motifs is 1. The predicted octanol–water partition coefficient (Wildman–Crippen LogP) is 5.77. The summed E-state index contributed by atoms with van der Waals surface area (Å²) >= 11 is 3.57. The molecular weight excluding hydrogens is 615 g/mol. The molecule has 0 saturated carbocycles. The molecule has 2 fully saturated rings. The van der Waals surface area contributed by atoms with E-state index in [-0.39, 0.29) is 0 Å². The van der Waals surface area contributed by atoms with Gasteiger partial charge in [-0.3, -0.25) is 9.97 Å². The normalized spacial score (nSPS) is 16.9. The van der Waals surface area contributed by atoms with Crippen molar-refractivity contribution in [3.05, 3.63) is 52.9 Å². The van der Waals surface area contributed by atoms with Crippen molar-refractivity contribution in [2.24, 2.45) is 5.41 Å². The average molecular weight is 652 g/mol. The van der Waals surface area contributed by atoms with Crippen LogP contribution in [0.5, 0.6) is 5.75 Å². The van der Waals surface area contributed by atoms with Crippen LogP contribution in [-0.4, -0.2) is 78.5 Å². The lowest BCUT2D eigenvalue weighted by Crippen LogP contribution is -2.58. The van der Waals surface area contributed by atoms with E-state index in [1.807, 2.05) is 12.1 Å². The zero-order valence-corrected chi connectivity index (χ0v) is 27.1. The van der Waals surface area contributed by atoms with E-state index in [9.17, 15) is 4.57 Å². The van der Waals surface area contributed by atoms with E-state index in [4.69, 9.17) is 9.72 Å². The third-order valence-corrected chi connectivity index (χ3v) is 10.4. The van der Waals surface area contributed by atoms with Crippen LogP contribution in [0.1, 0.15) is 18.4 Å². The Labute approximate surface area is 254 Å². The lowest BCUT2D eigenvalue weighted by atomic mass is 9.72. The Morgan fingerprint density at radius 2 is 1.76 bits per heavy atom. The van der Waals surface area contributed by atoms with Crippen LogP contribution in [0.25, 0.3) is 11.0 Å². The summed E-state index contributed by atoms with van der Waals surface area (Å²) in [5, 5.41) is 7.34. The molecule has 0 radical (unpaired) electrons. The number of rotatable bonds is 7. The summed E-state index contributed by atoms with van der Waals surface area (Å²) in [4.78, 5) is 23.0. The molecule has 220 valence electrons. The summed E-state index contributed by atoms with van der Waals surface area (Å²) < 4.78 is 19.8. The predicted molar refractivity (Wildman–Crippen MR) is 174 cm³/mol. The lowest BCUT2D eigenvalue weighted by Gasteiger charge is -2.53. The number of aryl methyl sites for hydroxylation is 1. The van der Waals surface area contributed by atoms with Crippen LogP contribution in [0.2, 0.25) is 0 Å². The number of methoxy groups -OCH3 is 1. The van der Waals surface area contributed by atoms with E-state index in [0.717, 1.165) is 24.5 Å². The van der Waals surface area contributed by atoms with Crippen LogP contribution in [0.3, 0.4) is 0 Å². The molecule has 42 heavy (non-hydrogen) atoms. The first-order valence-corrected chi connectivity index (χ1v) is 17.4. The third kappa shape index (κ3) is 5.57. The number of benzene rings is 2. The lowest BCUT2D eigenvalue weighted by molar-refractivity contribution is 0.00130. The summed E-state index contributed by atoms with van der Waals surface area (Å²) in [6, 6.07) is 7.94. The number of ether oxygens (including phenoxy) is 1. The van der Waals surface area contributed by atoms with Gasteiger partial charge in [0.1, 0.15) is 24.2 Å². The van der Waals surface area contributed by atoms with Crippen molar-refractivity contribution in [2.75, 3.05) is 69.2 Å². The summed E-state index contributed by atoms with van der Waals surface area (Å²) in [5.74, 6) is 1.66. The van der Waals surface area contributed by atoms with E-state index in [1.54, 1.807) is 39.0 Å². The van der Waals surface area contributed by atoms with Crippen molar-refractivity contribution in [3.63, 3.8) is 0 Å². The second-order valence-corrected chi connectivity index (χ2v) is 15.9. The van der Waals surface area contributed by atoms with Gasteiger partial charge in [0, 0.05) is 56.5 Å². The van der Waals surface area contributed by atoms with Gasteiger partial charge < -0.3 is 29.7 Å². The minimum absolute atomic E-state index is 0.401. The molecule has 12 heteroatoms. The molecule has 2 aromatic heterocycles. The van der Waals surface area contributed by atoms with Gasteiger partial charge in [-0.1, -0.05) is 0 Å². The number of piperidine rings is 1. The smallest absolute Gasteiger partial charge is 0.229 e. The maximum atomic E-state index is 13.4. The molecule has 0 aliphatic carbocycles. The van der Waals surface area contributed by atoms with Crippen LogP contribution in [0.4, 0.5) is 28.8 Å². The standard InChI is InChI=1S/C30H36BrN8O2P/c1-19-14-23(25(41-3)15-24(19)39-12-8-30(9-13-39)17-38(2)18-30)36-29-34-16-20(31)28(37-29)35-22-7-6-21-26(33-11-10-32-21)27(22)42(4,5)40/h6-7,10-11,14-16H,8-9,12-13,17-18H2,1-5H3,(H2,34,35,36,37). The maximum Gasteiger partial charge on any atom is 0.229 e. The fourth-order valence-corrected chi connectivity index (χ4v) is 8.04. The second-order valence-electron chi connectivity index (χ2n) is 11.9. The Kier molecular flexibility index (Phi) is 7.62. The van der Waals surface area contributed by atoms with Crippen molar-refractivity contribution in [3.8, 4) is 5.75 Å². The summed E-state index contributed by atoms with van der Waals surface area (Å²) in [6.07, 6.45) is 7.37. The van der Waals surface area contributed by atoms with Gasteiger partial charge >= 0.3 is 0 Å². The van der Waals surface area contributed by atoms with Crippen LogP contribution < -0.4 is 25.6 Å². The van der Waals surface area contributed by atoms with E-state index in [1.165, 1.54) is 37.2 Å². The monoisotopic (exact) mass is 650 g/mol. The van der Waals surface area contributed by atoms with E-state index in [2.05, 4.69) is 77.4 Å². The second kappa shape index (κ2) is 11.1. The quantitative estimate of drug-likeness (QED) is 0.239. The molecule has 4 aromatic rings. The molecule has 10 nitrogen and oxygen atoms in total. The topological polar surface area (TPSA) is 108 Å². The van der Waals surface area contributed by atoms with Crippen molar-refractivity contribution < 1.29 is 9.30 Å². The van der Waals surface area contributed by atoms with Gasteiger partial charge in [-0.25, -0.2) is 4.98 Å². The SMILES string of the molecule is COc1cc(N2CCC3(CC2)CN(C)C3)c(C)cc1Nc1ncc(Br)c(Nc2ccc3nccnc3c2P(C)(C)=O)n1. The fraction of sp³-hybridized carbons (Fsp3) is 0.400. The summed E-state index contributed by atoms with van der Waals surface area (Å²) in [6.45, 7) is 10.1. The number of anilines is 5. The number of nitrogens with zero attached hydrogens (tertiary/aromatic N) is 6. The average Bonchev–Trinajstić information content (AvgIpc) is 2.94. The molecule has 0 unspecified atom stereocenters. The zero-order chi connectivity index (χ0) is 29.6. The molecular formula is C30H36BrN8O2P. The first-order chi connectivity index (χ1) is 20.0. The molecule has 2 N–H and O–H groups in total.